The Morgan fingerprint density at radius 3 is 1.61 bits per heavy atom. The van der Waals surface area contributed by atoms with Gasteiger partial charge in [-0.2, -0.15) is 44.8 Å². The second kappa shape index (κ2) is 6.32. The van der Waals surface area contributed by atoms with Gasteiger partial charge in [-0.25, -0.2) is 8.78 Å². The number of rotatable bonds is 7. The highest BCUT2D eigenvalue weighted by molar-refractivity contribution is 5.05. The third-order valence-corrected chi connectivity index (χ3v) is 2.99. The maximum Gasteiger partial charge on any atom is 0.389 e. The van der Waals surface area contributed by atoms with E-state index in [0.717, 1.165) is 6.07 Å². The highest BCUT2D eigenvalue weighted by Crippen LogP contribution is 2.53. The van der Waals surface area contributed by atoms with Crippen LogP contribution in [0.1, 0.15) is 26.2 Å². The van der Waals surface area contributed by atoms with E-state index in [9.17, 15) is 48.3 Å². The molecule has 0 heterocycles. The van der Waals surface area contributed by atoms with Gasteiger partial charge in [-0.15, -0.1) is 0 Å². The van der Waals surface area contributed by atoms with E-state index in [0.29, 0.717) is 6.92 Å². The fourth-order valence-corrected chi connectivity index (χ4v) is 1.58. The van der Waals surface area contributed by atoms with Crippen molar-refractivity contribution in [1.82, 2.24) is 0 Å². The second-order valence-corrected chi connectivity index (χ2v) is 5.17. The van der Waals surface area contributed by atoms with Crippen molar-refractivity contribution >= 4 is 0 Å². The molecule has 1 nitrogen and oxygen atoms in total. The van der Waals surface area contributed by atoms with Crippen molar-refractivity contribution < 1.29 is 48.3 Å². The van der Waals surface area contributed by atoms with Gasteiger partial charge in [-0.05, 0) is 13.3 Å². The molecule has 0 bridgehead atoms. The van der Waals surface area contributed by atoms with Gasteiger partial charge in [-0.3, -0.25) is 0 Å². The van der Waals surface area contributed by atoms with Crippen molar-refractivity contribution in [3.8, 4) is 6.07 Å². The zero-order chi connectivity index (χ0) is 18.9. The Labute approximate surface area is 123 Å². The van der Waals surface area contributed by atoms with Gasteiger partial charge in [0.05, 0.1) is 11.5 Å². The maximum absolute atomic E-state index is 13.4. The fraction of sp³-hybridized carbons (Fsp3) is 0.909. The molecule has 0 saturated heterocycles. The largest absolute Gasteiger partial charge is 0.389 e. The molecule has 0 rings (SSSR count). The molecule has 12 heteroatoms. The first-order valence-corrected chi connectivity index (χ1v) is 5.81. The Morgan fingerprint density at radius 2 is 1.30 bits per heavy atom. The van der Waals surface area contributed by atoms with Gasteiger partial charge in [0.25, 0.3) is 0 Å². The summed E-state index contributed by atoms with van der Waals surface area (Å²) < 4.78 is 138. The Morgan fingerprint density at radius 1 is 0.870 bits per heavy atom. The average Bonchev–Trinajstić information content (AvgIpc) is 2.34. The summed E-state index contributed by atoms with van der Waals surface area (Å²) in [5.41, 5.74) is -2.78. The maximum atomic E-state index is 13.4. The lowest BCUT2D eigenvalue weighted by atomic mass is 9.79. The van der Waals surface area contributed by atoms with E-state index in [1.165, 1.54) is 0 Å². The fourth-order valence-electron chi connectivity index (χ4n) is 1.58. The van der Waals surface area contributed by atoms with E-state index >= 15 is 0 Å². The monoisotopic (exact) mass is 365 g/mol. The van der Waals surface area contributed by atoms with Gasteiger partial charge in [0.1, 0.15) is 0 Å². The van der Waals surface area contributed by atoms with Crippen molar-refractivity contribution in [3.05, 3.63) is 0 Å². The number of nitrogens with zero attached hydrogens (tertiary/aromatic N) is 1. The molecule has 0 aliphatic carbocycles. The first-order chi connectivity index (χ1) is 9.92. The van der Waals surface area contributed by atoms with E-state index in [2.05, 4.69) is 0 Å². The van der Waals surface area contributed by atoms with Crippen LogP contribution < -0.4 is 0 Å². The molecule has 0 aromatic rings. The molecule has 0 aliphatic rings. The minimum atomic E-state index is -6.55. The zero-order valence-corrected chi connectivity index (χ0v) is 11.3. The van der Waals surface area contributed by atoms with Crippen molar-refractivity contribution in [2.75, 3.05) is 0 Å². The van der Waals surface area contributed by atoms with Crippen LogP contribution in [0.5, 0.6) is 0 Å². The average molecular weight is 365 g/mol. The third-order valence-electron chi connectivity index (χ3n) is 2.99. The molecule has 0 saturated carbocycles. The highest BCUT2D eigenvalue weighted by Gasteiger charge is 2.75. The van der Waals surface area contributed by atoms with Crippen LogP contribution in [0.2, 0.25) is 0 Å². The highest BCUT2D eigenvalue weighted by atomic mass is 19.4. The molecule has 0 amide bonds. The van der Waals surface area contributed by atoms with Gasteiger partial charge in [-0.1, -0.05) is 0 Å². The zero-order valence-electron chi connectivity index (χ0n) is 11.3. The van der Waals surface area contributed by atoms with E-state index < -0.39 is 55.0 Å². The first-order valence-electron chi connectivity index (χ1n) is 5.81. The normalized spacial score (nSPS) is 17.0. The van der Waals surface area contributed by atoms with E-state index in [1.807, 2.05) is 0 Å². The molecular weight excluding hydrogens is 355 g/mol. The number of nitriles is 1. The standard InChI is InChI=1S/C11H10F11N/c1-7(5-23,2-3-9(16,17)18)4-8(14,15)11(21,22)10(19,20)6(12)13/h6H,2-4H2,1H3. The molecular formula is C11H10F11N. The predicted octanol–water partition coefficient (Wildman–Crippen LogP) is 5.42. The minimum absolute atomic E-state index is 0.420. The molecule has 0 radical (unpaired) electrons. The van der Waals surface area contributed by atoms with Crippen LogP contribution in [0.3, 0.4) is 0 Å². The van der Waals surface area contributed by atoms with E-state index in [4.69, 9.17) is 5.26 Å². The third kappa shape index (κ3) is 4.84. The molecule has 23 heavy (non-hydrogen) atoms. The van der Waals surface area contributed by atoms with Crippen molar-refractivity contribution in [2.45, 2.75) is 56.6 Å². The van der Waals surface area contributed by atoms with Gasteiger partial charge < -0.3 is 0 Å². The van der Waals surface area contributed by atoms with Crippen LogP contribution in [0.15, 0.2) is 0 Å². The molecule has 0 aliphatic heterocycles. The summed E-state index contributed by atoms with van der Waals surface area (Å²) >= 11 is 0. The molecule has 0 N–H and O–H groups in total. The summed E-state index contributed by atoms with van der Waals surface area (Å²) in [7, 11) is 0. The lowest BCUT2D eigenvalue weighted by Crippen LogP contribution is -2.58. The predicted molar refractivity (Wildman–Crippen MR) is 54.5 cm³/mol. The number of hydrogen-bond acceptors (Lipinski definition) is 1. The van der Waals surface area contributed by atoms with Crippen molar-refractivity contribution in [3.63, 3.8) is 0 Å². The van der Waals surface area contributed by atoms with Crippen LogP contribution in [-0.4, -0.2) is 30.4 Å². The van der Waals surface area contributed by atoms with Crippen LogP contribution in [0.4, 0.5) is 48.3 Å². The Bertz CT molecular complexity index is 448. The molecule has 1 unspecified atom stereocenters. The van der Waals surface area contributed by atoms with Crippen LogP contribution in [-0.2, 0) is 0 Å². The van der Waals surface area contributed by atoms with Gasteiger partial charge >= 0.3 is 30.4 Å². The lowest BCUT2D eigenvalue weighted by Gasteiger charge is -2.35. The van der Waals surface area contributed by atoms with E-state index in [-0.39, 0.29) is 0 Å². The Balaban J connectivity index is 5.47. The topological polar surface area (TPSA) is 23.8 Å². The molecule has 0 aromatic carbocycles. The van der Waals surface area contributed by atoms with Crippen LogP contribution in [0.25, 0.3) is 0 Å². The van der Waals surface area contributed by atoms with Crippen molar-refractivity contribution in [2.24, 2.45) is 5.41 Å². The van der Waals surface area contributed by atoms with Crippen molar-refractivity contribution in [1.29, 1.82) is 5.26 Å². The summed E-state index contributed by atoms with van der Waals surface area (Å²) in [6.45, 7) is 0.420. The molecule has 0 aromatic heterocycles. The number of halogens is 11. The summed E-state index contributed by atoms with van der Waals surface area (Å²) in [6.07, 6.45) is -15.7. The quantitative estimate of drug-likeness (QED) is 0.553. The molecule has 0 spiro atoms. The van der Waals surface area contributed by atoms with Gasteiger partial charge in [0, 0.05) is 12.8 Å². The lowest BCUT2D eigenvalue weighted by molar-refractivity contribution is -0.343. The molecule has 136 valence electrons. The smallest absolute Gasteiger partial charge is 0.203 e. The Kier molecular flexibility index (Phi) is 5.96. The number of alkyl halides is 11. The van der Waals surface area contributed by atoms with Crippen LogP contribution >= 0.6 is 0 Å². The second-order valence-electron chi connectivity index (χ2n) is 5.17. The van der Waals surface area contributed by atoms with Gasteiger partial charge in [0.15, 0.2) is 0 Å². The Hall–Kier alpha value is -1.28. The molecule has 0 fully saturated rings. The summed E-state index contributed by atoms with van der Waals surface area (Å²) in [4.78, 5) is 0. The summed E-state index contributed by atoms with van der Waals surface area (Å²) in [5, 5.41) is 8.59. The number of hydrogen-bond donors (Lipinski definition) is 0. The first kappa shape index (κ1) is 21.7. The van der Waals surface area contributed by atoms with E-state index in [1.54, 1.807) is 0 Å². The SMILES string of the molecule is CC(C#N)(CCC(F)(F)F)CC(F)(F)C(F)(F)C(F)(F)C(F)F. The molecule has 1 atom stereocenters. The summed E-state index contributed by atoms with van der Waals surface area (Å²) in [5.74, 6) is -18.8. The minimum Gasteiger partial charge on any atom is -0.203 e. The summed E-state index contributed by atoms with van der Waals surface area (Å²) in [6, 6.07) is 0.914. The van der Waals surface area contributed by atoms with Gasteiger partial charge in [0.2, 0.25) is 0 Å². The van der Waals surface area contributed by atoms with Crippen LogP contribution in [0, 0.1) is 16.7 Å².